The summed E-state index contributed by atoms with van der Waals surface area (Å²) in [5, 5.41) is 9.67. The van der Waals surface area contributed by atoms with Gasteiger partial charge in [-0.25, -0.2) is 4.39 Å². The fraction of sp³-hybridized carbons (Fsp3) is 0.571. The van der Waals surface area contributed by atoms with Crippen molar-refractivity contribution in [1.29, 1.82) is 0 Å². The SMILES string of the molecule is CC(O)c1c(F)cccc1N(C)CC(C)(C)C. The summed E-state index contributed by atoms with van der Waals surface area (Å²) in [4.78, 5) is 1.99. The molecule has 0 amide bonds. The van der Waals surface area contributed by atoms with E-state index in [1.807, 2.05) is 18.0 Å². The smallest absolute Gasteiger partial charge is 0.131 e. The van der Waals surface area contributed by atoms with Gasteiger partial charge in [-0.15, -0.1) is 0 Å². The molecule has 1 aromatic carbocycles. The van der Waals surface area contributed by atoms with Crippen molar-refractivity contribution in [3.8, 4) is 0 Å². The average molecular weight is 239 g/mol. The van der Waals surface area contributed by atoms with Gasteiger partial charge in [0.05, 0.1) is 6.10 Å². The predicted molar refractivity (Wildman–Crippen MR) is 69.8 cm³/mol. The van der Waals surface area contributed by atoms with Gasteiger partial charge < -0.3 is 10.0 Å². The quantitative estimate of drug-likeness (QED) is 0.874. The second-order valence-corrected chi connectivity index (χ2v) is 5.77. The van der Waals surface area contributed by atoms with Gasteiger partial charge in [0.25, 0.3) is 0 Å². The van der Waals surface area contributed by atoms with Crippen LogP contribution in [0.15, 0.2) is 18.2 Å². The summed E-state index contributed by atoms with van der Waals surface area (Å²) in [5.41, 5.74) is 1.26. The van der Waals surface area contributed by atoms with Crippen molar-refractivity contribution in [3.05, 3.63) is 29.6 Å². The maximum atomic E-state index is 13.7. The maximum Gasteiger partial charge on any atom is 0.131 e. The van der Waals surface area contributed by atoms with Crippen molar-refractivity contribution in [2.24, 2.45) is 5.41 Å². The summed E-state index contributed by atoms with van der Waals surface area (Å²) in [6, 6.07) is 4.91. The van der Waals surface area contributed by atoms with Gasteiger partial charge >= 0.3 is 0 Å². The Hall–Kier alpha value is -1.09. The van der Waals surface area contributed by atoms with Gasteiger partial charge in [0, 0.05) is 24.8 Å². The Kier molecular flexibility index (Phi) is 4.15. The first-order chi connectivity index (χ1) is 7.72. The highest BCUT2D eigenvalue weighted by Gasteiger charge is 2.19. The Balaban J connectivity index is 3.09. The molecule has 0 aliphatic heterocycles. The van der Waals surface area contributed by atoms with Crippen molar-refractivity contribution < 1.29 is 9.50 Å². The molecule has 0 bridgehead atoms. The summed E-state index contributed by atoms with van der Waals surface area (Å²) >= 11 is 0. The van der Waals surface area contributed by atoms with Crippen molar-refractivity contribution >= 4 is 5.69 Å². The lowest BCUT2D eigenvalue weighted by molar-refractivity contribution is 0.194. The summed E-state index contributed by atoms with van der Waals surface area (Å²) < 4.78 is 13.7. The minimum atomic E-state index is -0.798. The molecule has 96 valence electrons. The summed E-state index contributed by atoms with van der Waals surface area (Å²) in [5.74, 6) is -0.349. The Labute approximate surface area is 103 Å². The number of hydrogen-bond acceptors (Lipinski definition) is 2. The second-order valence-electron chi connectivity index (χ2n) is 5.77. The first kappa shape index (κ1) is 14.0. The van der Waals surface area contributed by atoms with E-state index >= 15 is 0 Å². The van der Waals surface area contributed by atoms with Crippen LogP contribution in [0.25, 0.3) is 0 Å². The first-order valence-corrected chi connectivity index (χ1v) is 5.90. The molecule has 1 N–H and O–H groups in total. The zero-order valence-electron chi connectivity index (χ0n) is 11.3. The molecule has 0 saturated carbocycles. The molecule has 3 heteroatoms. The van der Waals surface area contributed by atoms with Crippen molar-refractivity contribution in [3.63, 3.8) is 0 Å². The Morgan fingerprint density at radius 3 is 2.41 bits per heavy atom. The van der Waals surface area contributed by atoms with Crippen LogP contribution in [0.2, 0.25) is 0 Å². The summed E-state index contributed by atoms with van der Waals surface area (Å²) in [6.07, 6.45) is -0.798. The second kappa shape index (κ2) is 5.05. The van der Waals surface area contributed by atoms with E-state index < -0.39 is 6.10 Å². The van der Waals surface area contributed by atoms with Gasteiger partial charge in [0.1, 0.15) is 5.82 Å². The monoisotopic (exact) mass is 239 g/mol. The highest BCUT2D eigenvalue weighted by molar-refractivity contribution is 5.54. The number of halogens is 1. The highest BCUT2D eigenvalue weighted by atomic mass is 19.1. The number of nitrogens with zero attached hydrogens (tertiary/aromatic N) is 1. The van der Waals surface area contributed by atoms with Gasteiger partial charge in [-0.2, -0.15) is 0 Å². The summed E-state index contributed by atoms with van der Waals surface area (Å²) in [7, 11) is 1.92. The predicted octanol–water partition coefficient (Wildman–Crippen LogP) is 3.36. The van der Waals surface area contributed by atoms with Crippen LogP contribution in [0.1, 0.15) is 39.4 Å². The Morgan fingerprint density at radius 2 is 1.94 bits per heavy atom. The topological polar surface area (TPSA) is 23.5 Å². The van der Waals surface area contributed by atoms with Crippen LogP contribution in [-0.4, -0.2) is 18.7 Å². The maximum absolute atomic E-state index is 13.7. The molecule has 0 heterocycles. The van der Waals surface area contributed by atoms with Crippen molar-refractivity contribution in [2.45, 2.75) is 33.8 Å². The molecular formula is C14H22FNO. The minimum Gasteiger partial charge on any atom is -0.389 e. The lowest BCUT2D eigenvalue weighted by atomic mass is 9.95. The fourth-order valence-electron chi connectivity index (χ4n) is 2.07. The summed E-state index contributed by atoms with van der Waals surface area (Å²) in [6.45, 7) is 8.78. The third-order valence-electron chi connectivity index (χ3n) is 2.57. The van der Waals surface area contributed by atoms with E-state index in [4.69, 9.17) is 0 Å². The third kappa shape index (κ3) is 3.70. The molecule has 0 radical (unpaired) electrons. The molecule has 1 unspecified atom stereocenters. The lowest BCUT2D eigenvalue weighted by Gasteiger charge is -2.30. The van der Waals surface area contributed by atoms with Gasteiger partial charge in [0.2, 0.25) is 0 Å². The number of hydrogen-bond donors (Lipinski definition) is 1. The lowest BCUT2D eigenvalue weighted by Crippen LogP contribution is -2.30. The molecule has 1 aromatic rings. The number of aliphatic hydroxyl groups excluding tert-OH is 1. The van der Waals surface area contributed by atoms with Gasteiger partial charge in [-0.1, -0.05) is 26.8 Å². The zero-order chi connectivity index (χ0) is 13.2. The molecule has 0 spiro atoms. The van der Waals surface area contributed by atoms with Crippen molar-refractivity contribution in [2.75, 3.05) is 18.5 Å². The van der Waals surface area contributed by atoms with Crippen LogP contribution in [0.5, 0.6) is 0 Å². The van der Waals surface area contributed by atoms with Gasteiger partial charge in [-0.05, 0) is 24.5 Å². The number of aliphatic hydroxyl groups is 1. The molecule has 1 atom stereocenters. The minimum absolute atomic E-state index is 0.122. The van der Waals surface area contributed by atoms with E-state index in [2.05, 4.69) is 20.8 Å². The van der Waals surface area contributed by atoms with Crippen LogP contribution in [0.4, 0.5) is 10.1 Å². The fourth-order valence-corrected chi connectivity index (χ4v) is 2.07. The molecule has 17 heavy (non-hydrogen) atoms. The van der Waals surface area contributed by atoms with Crippen LogP contribution < -0.4 is 4.90 Å². The first-order valence-electron chi connectivity index (χ1n) is 5.90. The van der Waals surface area contributed by atoms with E-state index in [1.54, 1.807) is 13.0 Å². The Morgan fingerprint density at radius 1 is 1.35 bits per heavy atom. The third-order valence-corrected chi connectivity index (χ3v) is 2.57. The number of rotatable bonds is 3. The molecule has 0 aromatic heterocycles. The van der Waals surface area contributed by atoms with Crippen LogP contribution in [-0.2, 0) is 0 Å². The number of anilines is 1. The number of benzene rings is 1. The molecule has 1 rings (SSSR count). The van der Waals surface area contributed by atoms with E-state index in [1.165, 1.54) is 6.07 Å². The van der Waals surface area contributed by atoms with Crippen LogP contribution in [0.3, 0.4) is 0 Å². The Bertz CT molecular complexity index is 382. The zero-order valence-corrected chi connectivity index (χ0v) is 11.3. The molecule has 0 saturated heterocycles. The van der Waals surface area contributed by atoms with E-state index in [-0.39, 0.29) is 11.2 Å². The van der Waals surface area contributed by atoms with Crippen molar-refractivity contribution in [1.82, 2.24) is 0 Å². The molecule has 0 aliphatic carbocycles. The van der Waals surface area contributed by atoms with Crippen LogP contribution >= 0.6 is 0 Å². The largest absolute Gasteiger partial charge is 0.389 e. The average Bonchev–Trinajstić information content (AvgIpc) is 2.13. The highest BCUT2D eigenvalue weighted by Crippen LogP contribution is 2.30. The molecule has 2 nitrogen and oxygen atoms in total. The molecule has 0 fully saturated rings. The molecule has 0 aliphatic rings. The van der Waals surface area contributed by atoms with Gasteiger partial charge in [-0.3, -0.25) is 0 Å². The normalized spacial score (nSPS) is 13.6. The molecular weight excluding hydrogens is 217 g/mol. The van der Waals surface area contributed by atoms with Gasteiger partial charge in [0.15, 0.2) is 0 Å². The standard InChI is InChI=1S/C14H22FNO/c1-10(17)13-11(15)7-6-8-12(13)16(5)9-14(2,3)4/h6-8,10,17H,9H2,1-5H3. The van der Waals surface area contributed by atoms with E-state index in [0.29, 0.717) is 5.56 Å². The van der Waals surface area contributed by atoms with E-state index in [0.717, 1.165) is 12.2 Å². The van der Waals surface area contributed by atoms with Crippen LogP contribution in [0, 0.1) is 11.2 Å². The van der Waals surface area contributed by atoms with E-state index in [9.17, 15) is 9.50 Å².